The molecule has 0 atom stereocenters. The number of anilines is 1. The molecule has 19 heavy (non-hydrogen) atoms. The predicted octanol–water partition coefficient (Wildman–Crippen LogP) is 2.82. The van der Waals surface area contributed by atoms with E-state index in [4.69, 9.17) is 4.74 Å². The summed E-state index contributed by atoms with van der Waals surface area (Å²) in [7, 11) is 3.27. The molecule has 100 valence electrons. The minimum atomic E-state index is -0.197. The summed E-state index contributed by atoms with van der Waals surface area (Å²) in [5, 5.41) is 6.79. The topological polar surface area (TPSA) is 54.5 Å². The van der Waals surface area contributed by atoms with Crippen molar-refractivity contribution >= 4 is 23.1 Å². The van der Waals surface area contributed by atoms with Crippen LogP contribution in [0.1, 0.15) is 5.56 Å². The number of nitrogens with one attached hydrogen (secondary N) is 1. The number of hydrogen-bond acceptors (Lipinski definition) is 4. The van der Waals surface area contributed by atoms with Gasteiger partial charge in [0.25, 0.3) is 0 Å². The van der Waals surface area contributed by atoms with Crippen LogP contribution in [0, 0.1) is 0 Å². The summed E-state index contributed by atoms with van der Waals surface area (Å²) in [6.45, 7) is 0.567. The Morgan fingerprint density at radius 3 is 3.05 bits per heavy atom. The van der Waals surface area contributed by atoms with E-state index in [1.807, 2.05) is 16.8 Å². The maximum atomic E-state index is 12.0. The molecule has 0 spiro atoms. The van der Waals surface area contributed by atoms with Crippen LogP contribution >= 0.6 is 11.3 Å². The molecule has 0 aliphatic rings. The van der Waals surface area contributed by atoms with E-state index in [1.54, 1.807) is 41.6 Å². The summed E-state index contributed by atoms with van der Waals surface area (Å²) in [5.41, 5.74) is 1.67. The molecule has 0 aliphatic heterocycles. The van der Waals surface area contributed by atoms with Gasteiger partial charge in [0.05, 0.1) is 7.11 Å². The molecule has 2 rings (SSSR count). The van der Waals surface area contributed by atoms with Crippen LogP contribution < -0.4 is 10.1 Å². The van der Waals surface area contributed by atoms with Gasteiger partial charge < -0.3 is 15.0 Å². The third-order valence-electron chi connectivity index (χ3n) is 2.55. The Morgan fingerprint density at radius 1 is 1.53 bits per heavy atom. The fourth-order valence-corrected chi connectivity index (χ4v) is 2.25. The number of ether oxygens (including phenoxy) is 1. The molecule has 0 fully saturated rings. The minimum Gasteiger partial charge on any atom is -0.480 e. The fraction of sp³-hybridized carbons (Fsp3) is 0.231. The SMILES string of the molecule is COc1ncccc1NC(=O)N(C)Cc1ccsc1. The number of carbonyl (C=O) groups excluding carboxylic acids is 1. The molecule has 0 bridgehead atoms. The molecular weight excluding hydrogens is 262 g/mol. The van der Waals surface area contributed by atoms with E-state index in [2.05, 4.69) is 10.3 Å². The van der Waals surface area contributed by atoms with Crippen molar-refractivity contribution in [2.45, 2.75) is 6.54 Å². The van der Waals surface area contributed by atoms with Crippen LogP contribution in [-0.4, -0.2) is 30.1 Å². The van der Waals surface area contributed by atoms with Crippen LogP contribution in [0.2, 0.25) is 0 Å². The molecule has 2 amide bonds. The van der Waals surface area contributed by atoms with Gasteiger partial charge in [-0.25, -0.2) is 9.78 Å². The lowest BCUT2D eigenvalue weighted by molar-refractivity contribution is 0.220. The number of rotatable bonds is 4. The zero-order valence-corrected chi connectivity index (χ0v) is 11.6. The van der Waals surface area contributed by atoms with Crippen molar-refractivity contribution in [2.24, 2.45) is 0 Å². The number of amides is 2. The summed E-state index contributed by atoms with van der Waals surface area (Å²) in [4.78, 5) is 17.7. The highest BCUT2D eigenvalue weighted by molar-refractivity contribution is 7.07. The molecule has 0 aliphatic carbocycles. The molecule has 0 saturated heterocycles. The Morgan fingerprint density at radius 2 is 2.37 bits per heavy atom. The molecule has 0 unspecified atom stereocenters. The van der Waals surface area contributed by atoms with Crippen molar-refractivity contribution in [3.8, 4) is 5.88 Å². The average Bonchev–Trinajstić information content (AvgIpc) is 2.92. The highest BCUT2D eigenvalue weighted by Gasteiger charge is 2.12. The molecule has 2 aromatic rings. The van der Waals surface area contributed by atoms with E-state index < -0.39 is 0 Å². The molecule has 2 heterocycles. The molecular formula is C13H15N3O2S. The molecule has 2 aromatic heterocycles. The van der Waals surface area contributed by atoms with Crippen LogP contribution in [0.4, 0.5) is 10.5 Å². The highest BCUT2D eigenvalue weighted by Crippen LogP contribution is 2.20. The Labute approximate surface area is 115 Å². The van der Waals surface area contributed by atoms with E-state index in [0.717, 1.165) is 5.56 Å². The van der Waals surface area contributed by atoms with Crippen molar-refractivity contribution in [1.82, 2.24) is 9.88 Å². The predicted molar refractivity (Wildman–Crippen MR) is 75.6 cm³/mol. The second-order valence-corrected chi connectivity index (χ2v) is 4.76. The summed E-state index contributed by atoms with van der Waals surface area (Å²) >= 11 is 1.61. The van der Waals surface area contributed by atoms with Gasteiger partial charge in [-0.1, -0.05) is 0 Å². The number of nitrogens with zero attached hydrogens (tertiary/aromatic N) is 2. The van der Waals surface area contributed by atoms with Crippen molar-refractivity contribution < 1.29 is 9.53 Å². The highest BCUT2D eigenvalue weighted by atomic mass is 32.1. The number of methoxy groups -OCH3 is 1. The first-order chi connectivity index (χ1) is 9.20. The van der Waals surface area contributed by atoms with Gasteiger partial charge in [-0.15, -0.1) is 0 Å². The third-order valence-corrected chi connectivity index (χ3v) is 3.28. The molecule has 5 nitrogen and oxygen atoms in total. The van der Waals surface area contributed by atoms with Gasteiger partial charge in [0, 0.05) is 19.8 Å². The molecule has 6 heteroatoms. The Balaban J connectivity index is 2.00. The number of hydrogen-bond donors (Lipinski definition) is 1. The zero-order chi connectivity index (χ0) is 13.7. The van der Waals surface area contributed by atoms with Crippen molar-refractivity contribution in [2.75, 3.05) is 19.5 Å². The van der Waals surface area contributed by atoms with Gasteiger partial charge in [-0.2, -0.15) is 11.3 Å². The molecule has 0 aromatic carbocycles. The fourth-order valence-electron chi connectivity index (χ4n) is 1.59. The van der Waals surface area contributed by atoms with E-state index in [-0.39, 0.29) is 6.03 Å². The third kappa shape index (κ3) is 3.45. The smallest absolute Gasteiger partial charge is 0.322 e. The van der Waals surface area contributed by atoms with Gasteiger partial charge in [-0.3, -0.25) is 0 Å². The lowest BCUT2D eigenvalue weighted by Crippen LogP contribution is -2.30. The first kappa shape index (κ1) is 13.4. The van der Waals surface area contributed by atoms with Crippen molar-refractivity contribution in [3.05, 3.63) is 40.7 Å². The lowest BCUT2D eigenvalue weighted by Gasteiger charge is -2.18. The maximum absolute atomic E-state index is 12.0. The van der Waals surface area contributed by atoms with Gasteiger partial charge in [-0.05, 0) is 34.5 Å². The maximum Gasteiger partial charge on any atom is 0.322 e. The zero-order valence-electron chi connectivity index (χ0n) is 10.8. The lowest BCUT2D eigenvalue weighted by atomic mass is 10.3. The monoisotopic (exact) mass is 277 g/mol. The Hall–Kier alpha value is -2.08. The standard InChI is InChI=1S/C13H15N3O2S/c1-16(8-10-5-7-19-9-10)13(17)15-11-4-3-6-14-12(11)18-2/h3-7,9H,8H2,1-2H3,(H,15,17). The average molecular weight is 277 g/mol. The summed E-state index contributed by atoms with van der Waals surface area (Å²) < 4.78 is 5.09. The van der Waals surface area contributed by atoms with E-state index in [0.29, 0.717) is 18.1 Å². The van der Waals surface area contributed by atoms with Crippen LogP contribution in [0.3, 0.4) is 0 Å². The van der Waals surface area contributed by atoms with Crippen LogP contribution in [-0.2, 0) is 6.54 Å². The first-order valence-corrected chi connectivity index (χ1v) is 6.67. The van der Waals surface area contributed by atoms with Crippen LogP contribution in [0.5, 0.6) is 5.88 Å². The Bertz CT molecular complexity index is 543. The van der Waals surface area contributed by atoms with E-state index >= 15 is 0 Å². The van der Waals surface area contributed by atoms with Crippen LogP contribution in [0.25, 0.3) is 0 Å². The summed E-state index contributed by atoms with van der Waals surface area (Å²) in [6, 6.07) is 5.30. The Kier molecular flexibility index (Phi) is 4.35. The number of carbonyl (C=O) groups is 1. The van der Waals surface area contributed by atoms with Gasteiger partial charge in [0.1, 0.15) is 5.69 Å². The van der Waals surface area contributed by atoms with Crippen molar-refractivity contribution in [1.29, 1.82) is 0 Å². The quantitative estimate of drug-likeness (QED) is 0.935. The largest absolute Gasteiger partial charge is 0.480 e. The number of aromatic nitrogens is 1. The number of urea groups is 1. The van der Waals surface area contributed by atoms with E-state index in [1.165, 1.54) is 7.11 Å². The van der Waals surface area contributed by atoms with E-state index in [9.17, 15) is 4.79 Å². The molecule has 1 N–H and O–H groups in total. The second-order valence-electron chi connectivity index (χ2n) is 3.98. The first-order valence-electron chi connectivity index (χ1n) is 5.73. The molecule has 0 radical (unpaired) electrons. The van der Waals surface area contributed by atoms with Gasteiger partial charge in [0.15, 0.2) is 0 Å². The van der Waals surface area contributed by atoms with Crippen molar-refractivity contribution in [3.63, 3.8) is 0 Å². The number of pyridine rings is 1. The second kappa shape index (κ2) is 6.19. The normalized spacial score (nSPS) is 10.0. The minimum absolute atomic E-state index is 0.197. The van der Waals surface area contributed by atoms with Crippen LogP contribution in [0.15, 0.2) is 35.2 Å². The number of thiophene rings is 1. The summed E-state index contributed by atoms with van der Waals surface area (Å²) in [6.07, 6.45) is 1.61. The molecule has 0 saturated carbocycles. The van der Waals surface area contributed by atoms with Gasteiger partial charge >= 0.3 is 6.03 Å². The summed E-state index contributed by atoms with van der Waals surface area (Å²) in [5.74, 6) is 0.403. The van der Waals surface area contributed by atoms with Gasteiger partial charge in [0.2, 0.25) is 5.88 Å².